The quantitative estimate of drug-likeness (QED) is 0.614. The van der Waals surface area contributed by atoms with Crippen LogP contribution < -0.4 is 4.74 Å². The zero-order valence-electron chi connectivity index (χ0n) is 10.1. The Kier molecular flexibility index (Phi) is 3.32. The van der Waals surface area contributed by atoms with E-state index < -0.39 is 5.97 Å². The molecule has 5 heteroatoms. The standard InChI is InChI=1S/C13H12O5/c1-3-17-13(15)12-5-8-4-10(16-2)9(7-14)6-11(8)18-12/h4-7H,3H2,1-2H3. The molecular formula is C13H12O5. The molecule has 0 radical (unpaired) electrons. The molecule has 2 aromatic rings. The van der Waals surface area contributed by atoms with E-state index >= 15 is 0 Å². The van der Waals surface area contributed by atoms with Gasteiger partial charge in [0.2, 0.25) is 5.76 Å². The Morgan fingerprint density at radius 3 is 2.78 bits per heavy atom. The Morgan fingerprint density at radius 1 is 1.39 bits per heavy atom. The second-order valence-corrected chi connectivity index (χ2v) is 3.58. The van der Waals surface area contributed by atoms with Gasteiger partial charge in [-0.25, -0.2) is 4.79 Å². The number of methoxy groups -OCH3 is 1. The van der Waals surface area contributed by atoms with Crippen molar-refractivity contribution in [3.8, 4) is 5.75 Å². The summed E-state index contributed by atoms with van der Waals surface area (Å²) >= 11 is 0. The van der Waals surface area contributed by atoms with Gasteiger partial charge in [-0.1, -0.05) is 0 Å². The molecule has 0 N–H and O–H groups in total. The van der Waals surface area contributed by atoms with Gasteiger partial charge in [0.05, 0.1) is 19.3 Å². The summed E-state index contributed by atoms with van der Waals surface area (Å²) in [5, 5.41) is 0.681. The zero-order valence-corrected chi connectivity index (χ0v) is 10.1. The van der Waals surface area contributed by atoms with Gasteiger partial charge in [0.25, 0.3) is 0 Å². The van der Waals surface area contributed by atoms with Crippen molar-refractivity contribution in [2.24, 2.45) is 0 Å². The lowest BCUT2D eigenvalue weighted by molar-refractivity contribution is 0.0492. The fourth-order valence-corrected chi connectivity index (χ4v) is 1.65. The van der Waals surface area contributed by atoms with Crippen LogP contribution >= 0.6 is 0 Å². The number of hydrogen-bond acceptors (Lipinski definition) is 5. The summed E-state index contributed by atoms with van der Waals surface area (Å²) in [5.74, 6) is 0.0194. The van der Waals surface area contributed by atoms with Crippen LogP contribution in [0.15, 0.2) is 22.6 Å². The van der Waals surface area contributed by atoms with E-state index in [1.165, 1.54) is 13.2 Å². The molecule has 0 saturated carbocycles. The molecule has 0 fully saturated rings. The number of benzene rings is 1. The molecule has 94 valence electrons. The molecule has 0 amide bonds. The van der Waals surface area contributed by atoms with Crippen LogP contribution in [-0.2, 0) is 4.74 Å². The number of rotatable bonds is 4. The average Bonchev–Trinajstić information content (AvgIpc) is 2.80. The molecule has 1 aromatic heterocycles. The third kappa shape index (κ3) is 2.07. The number of ether oxygens (including phenoxy) is 2. The van der Waals surface area contributed by atoms with Crippen LogP contribution in [0.25, 0.3) is 11.0 Å². The number of carbonyl (C=O) groups is 2. The van der Waals surface area contributed by atoms with Gasteiger partial charge in [0, 0.05) is 5.39 Å². The van der Waals surface area contributed by atoms with Gasteiger partial charge in [-0.3, -0.25) is 4.79 Å². The summed E-state index contributed by atoms with van der Waals surface area (Å²) in [6.07, 6.45) is 0.671. The van der Waals surface area contributed by atoms with E-state index in [1.807, 2.05) is 0 Å². The highest BCUT2D eigenvalue weighted by Gasteiger charge is 2.15. The van der Waals surface area contributed by atoms with Crippen molar-refractivity contribution in [2.75, 3.05) is 13.7 Å². The predicted octanol–water partition coefficient (Wildman–Crippen LogP) is 2.43. The highest BCUT2D eigenvalue weighted by Crippen LogP contribution is 2.27. The van der Waals surface area contributed by atoms with Crippen LogP contribution in [0.4, 0.5) is 0 Å². The second kappa shape index (κ2) is 4.91. The Balaban J connectivity index is 2.51. The first-order valence-corrected chi connectivity index (χ1v) is 5.43. The number of esters is 1. The van der Waals surface area contributed by atoms with Crippen LogP contribution in [-0.4, -0.2) is 26.0 Å². The van der Waals surface area contributed by atoms with E-state index in [0.717, 1.165) is 0 Å². The molecule has 0 bridgehead atoms. The maximum atomic E-state index is 11.5. The minimum absolute atomic E-state index is 0.108. The van der Waals surface area contributed by atoms with Crippen molar-refractivity contribution < 1.29 is 23.5 Å². The molecular weight excluding hydrogens is 236 g/mol. The van der Waals surface area contributed by atoms with Crippen LogP contribution in [0.1, 0.15) is 27.8 Å². The fourth-order valence-electron chi connectivity index (χ4n) is 1.65. The lowest BCUT2D eigenvalue weighted by Crippen LogP contribution is -2.02. The summed E-state index contributed by atoms with van der Waals surface area (Å²) < 4.78 is 15.2. The van der Waals surface area contributed by atoms with Crippen LogP contribution in [0.5, 0.6) is 5.75 Å². The van der Waals surface area contributed by atoms with Crippen molar-refractivity contribution in [3.05, 3.63) is 29.5 Å². The first-order chi connectivity index (χ1) is 8.69. The lowest BCUT2D eigenvalue weighted by atomic mass is 10.1. The third-order valence-corrected chi connectivity index (χ3v) is 2.47. The molecule has 1 aromatic carbocycles. The van der Waals surface area contributed by atoms with Gasteiger partial charge in [-0.15, -0.1) is 0 Å². The number of furan rings is 1. The van der Waals surface area contributed by atoms with Gasteiger partial charge < -0.3 is 13.9 Å². The number of fused-ring (bicyclic) bond motifs is 1. The van der Waals surface area contributed by atoms with Crippen LogP contribution in [0.3, 0.4) is 0 Å². The summed E-state index contributed by atoms with van der Waals surface area (Å²) in [4.78, 5) is 22.4. The molecule has 0 unspecified atom stereocenters. The first-order valence-electron chi connectivity index (χ1n) is 5.43. The van der Waals surface area contributed by atoms with E-state index in [9.17, 15) is 9.59 Å². The number of carbonyl (C=O) groups excluding carboxylic acids is 2. The van der Waals surface area contributed by atoms with Crippen molar-refractivity contribution in [1.82, 2.24) is 0 Å². The molecule has 2 rings (SSSR count). The Bertz CT molecular complexity index is 597. The molecule has 18 heavy (non-hydrogen) atoms. The molecule has 0 aliphatic carbocycles. The Morgan fingerprint density at radius 2 is 2.17 bits per heavy atom. The van der Waals surface area contributed by atoms with Crippen molar-refractivity contribution in [3.63, 3.8) is 0 Å². The molecule has 0 saturated heterocycles. The lowest BCUT2D eigenvalue weighted by Gasteiger charge is -2.01. The maximum Gasteiger partial charge on any atom is 0.374 e. The number of hydrogen-bond donors (Lipinski definition) is 0. The summed E-state index contributed by atoms with van der Waals surface area (Å²) in [5.41, 5.74) is 0.815. The monoisotopic (exact) mass is 248 g/mol. The first kappa shape index (κ1) is 12.2. The fraction of sp³-hybridized carbons (Fsp3) is 0.231. The molecule has 5 nitrogen and oxygen atoms in total. The highest BCUT2D eigenvalue weighted by atomic mass is 16.5. The van der Waals surface area contributed by atoms with Crippen molar-refractivity contribution in [2.45, 2.75) is 6.92 Å². The normalized spacial score (nSPS) is 10.3. The smallest absolute Gasteiger partial charge is 0.374 e. The molecule has 0 spiro atoms. The largest absolute Gasteiger partial charge is 0.496 e. The summed E-state index contributed by atoms with van der Waals surface area (Å²) in [6.45, 7) is 1.99. The minimum atomic E-state index is -0.527. The Labute approximate surface area is 103 Å². The minimum Gasteiger partial charge on any atom is -0.496 e. The van der Waals surface area contributed by atoms with E-state index in [-0.39, 0.29) is 12.4 Å². The SMILES string of the molecule is CCOC(=O)c1cc2cc(OC)c(C=O)cc2o1. The van der Waals surface area contributed by atoms with Crippen molar-refractivity contribution in [1.29, 1.82) is 0 Å². The van der Waals surface area contributed by atoms with Crippen LogP contribution in [0, 0.1) is 0 Å². The third-order valence-electron chi connectivity index (χ3n) is 2.47. The molecule has 0 atom stereocenters. The van der Waals surface area contributed by atoms with E-state index in [1.54, 1.807) is 19.1 Å². The van der Waals surface area contributed by atoms with Crippen molar-refractivity contribution >= 4 is 23.2 Å². The zero-order chi connectivity index (χ0) is 13.1. The van der Waals surface area contributed by atoms with Gasteiger partial charge in [-0.05, 0) is 25.1 Å². The second-order valence-electron chi connectivity index (χ2n) is 3.58. The molecule has 1 heterocycles. The maximum absolute atomic E-state index is 11.5. The molecule has 0 aliphatic heterocycles. The predicted molar refractivity (Wildman–Crippen MR) is 64.1 cm³/mol. The van der Waals surface area contributed by atoms with E-state index in [0.29, 0.717) is 28.6 Å². The van der Waals surface area contributed by atoms with Gasteiger partial charge >= 0.3 is 5.97 Å². The van der Waals surface area contributed by atoms with E-state index in [4.69, 9.17) is 13.9 Å². The topological polar surface area (TPSA) is 65.7 Å². The molecule has 0 aliphatic rings. The summed E-state index contributed by atoms with van der Waals surface area (Å²) in [7, 11) is 1.47. The highest BCUT2D eigenvalue weighted by molar-refractivity contribution is 5.95. The van der Waals surface area contributed by atoms with Crippen LogP contribution in [0.2, 0.25) is 0 Å². The summed E-state index contributed by atoms with van der Waals surface area (Å²) in [6, 6.07) is 4.74. The Hall–Kier alpha value is -2.30. The average molecular weight is 248 g/mol. The van der Waals surface area contributed by atoms with Gasteiger partial charge in [-0.2, -0.15) is 0 Å². The van der Waals surface area contributed by atoms with E-state index in [2.05, 4.69) is 0 Å². The van der Waals surface area contributed by atoms with Gasteiger partial charge in [0.1, 0.15) is 11.3 Å². The van der Waals surface area contributed by atoms with Gasteiger partial charge in [0.15, 0.2) is 6.29 Å². The number of aldehydes is 1.